The second-order valence-corrected chi connectivity index (χ2v) is 5.94. The molecule has 0 fully saturated rings. The van der Waals surface area contributed by atoms with E-state index in [1.165, 1.54) is 17.7 Å². The molecule has 2 aromatic carbocycles. The number of non-ortho nitro benzene ring substituents is 1. The van der Waals surface area contributed by atoms with Crippen LogP contribution in [0.25, 0.3) is 0 Å². The average molecular weight is 338 g/mol. The van der Waals surface area contributed by atoms with Crippen molar-refractivity contribution in [3.05, 3.63) is 62.6 Å². The zero-order valence-corrected chi connectivity index (χ0v) is 12.7. The first-order valence-electron chi connectivity index (χ1n) is 5.81. The molecule has 0 radical (unpaired) electrons. The molecule has 0 saturated carbocycles. The van der Waals surface area contributed by atoms with E-state index < -0.39 is 0 Å². The van der Waals surface area contributed by atoms with Crippen LogP contribution in [0.1, 0.15) is 12.5 Å². The van der Waals surface area contributed by atoms with Gasteiger partial charge in [0.05, 0.1) is 4.92 Å². The van der Waals surface area contributed by atoms with E-state index in [1.807, 2.05) is 0 Å². The number of benzene rings is 2. The number of hydrogen-bond donors (Lipinski definition) is 0. The quantitative estimate of drug-likeness (QED) is 0.577. The summed E-state index contributed by atoms with van der Waals surface area (Å²) in [7, 11) is 0. The zero-order chi connectivity index (χ0) is 13.8. The van der Waals surface area contributed by atoms with Gasteiger partial charge in [-0.3, -0.25) is 10.1 Å². The fourth-order valence-corrected chi connectivity index (χ4v) is 3.10. The average Bonchev–Trinajstić information content (AvgIpc) is 2.41. The van der Waals surface area contributed by atoms with Gasteiger partial charge in [-0.15, -0.1) is 0 Å². The molecule has 0 N–H and O–H groups in total. The highest BCUT2D eigenvalue weighted by atomic mass is 79.9. The van der Waals surface area contributed by atoms with Gasteiger partial charge in [0.15, 0.2) is 0 Å². The molecule has 5 heteroatoms. The van der Waals surface area contributed by atoms with Crippen molar-refractivity contribution < 1.29 is 4.92 Å². The van der Waals surface area contributed by atoms with Crippen molar-refractivity contribution >= 4 is 33.4 Å². The van der Waals surface area contributed by atoms with E-state index in [-0.39, 0.29) is 10.6 Å². The van der Waals surface area contributed by atoms with Crippen molar-refractivity contribution in [1.82, 2.24) is 0 Å². The number of hydrogen-bond acceptors (Lipinski definition) is 3. The molecule has 0 aliphatic heterocycles. The van der Waals surface area contributed by atoms with Crippen molar-refractivity contribution in [2.24, 2.45) is 0 Å². The summed E-state index contributed by atoms with van der Waals surface area (Å²) in [5, 5.41) is 10.6. The molecule has 0 aliphatic rings. The first kappa shape index (κ1) is 14.1. The number of rotatable bonds is 4. The van der Waals surface area contributed by atoms with Gasteiger partial charge in [-0.2, -0.15) is 0 Å². The van der Waals surface area contributed by atoms with E-state index in [4.69, 9.17) is 0 Å². The first-order valence-corrected chi connectivity index (χ1v) is 7.42. The number of halogens is 1. The Morgan fingerprint density at radius 3 is 2.42 bits per heavy atom. The highest BCUT2D eigenvalue weighted by molar-refractivity contribution is 9.10. The summed E-state index contributed by atoms with van der Waals surface area (Å²) in [5.74, 6) is 0. The molecule has 0 atom stereocenters. The van der Waals surface area contributed by atoms with Gasteiger partial charge in [-0.1, -0.05) is 24.8 Å². The van der Waals surface area contributed by atoms with Crippen LogP contribution in [0.2, 0.25) is 0 Å². The van der Waals surface area contributed by atoms with E-state index in [0.717, 1.165) is 20.7 Å². The molecule has 3 nitrogen and oxygen atoms in total. The number of aryl methyl sites for hydroxylation is 1. The summed E-state index contributed by atoms with van der Waals surface area (Å²) in [6, 6.07) is 12.8. The predicted molar refractivity (Wildman–Crippen MR) is 80.7 cm³/mol. The lowest BCUT2D eigenvalue weighted by atomic mass is 10.2. The molecule has 0 aliphatic carbocycles. The van der Waals surface area contributed by atoms with E-state index in [9.17, 15) is 10.1 Å². The zero-order valence-electron chi connectivity index (χ0n) is 10.3. The fourth-order valence-electron chi connectivity index (χ4n) is 1.61. The third-order valence-electron chi connectivity index (χ3n) is 2.68. The van der Waals surface area contributed by atoms with Gasteiger partial charge in [-0.05, 0) is 52.2 Å². The first-order chi connectivity index (χ1) is 9.10. The normalized spacial score (nSPS) is 10.4. The highest BCUT2D eigenvalue weighted by Gasteiger charge is 2.07. The van der Waals surface area contributed by atoms with Gasteiger partial charge in [0.25, 0.3) is 5.69 Å². The summed E-state index contributed by atoms with van der Waals surface area (Å²) < 4.78 is 1.05. The van der Waals surface area contributed by atoms with Crippen molar-refractivity contribution in [1.29, 1.82) is 0 Å². The molecule has 0 aromatic heterocycles. The summed E-state index contributed by atoms with van der Waals surface area (Å²) in [4.78, 5) is 12.3. The molecular weight excluding hydrogens is 326 g/mol. The summed E-state index contributed by atoms with van der Waals surface area (Å²) in [6.07, 6.45) is 1.00. The minimum atomic E-state index is -0.388. The van der Waals surface area contributed by atoms with Crippen molar-refractivity contribution in [3.63, 3.8) is 0 Å². The minimum absolute atomic E-state index is 0.116. The third-order valence-corrected chi connectivity index (χ3v) is 4.68. The third kappa shape index (κ3) is 3.58. The lowest BCUT2D eigenvalue weighted by molar-refractivity contribution is -0.384. The summed E-state index contributed by atoms with van der Waals surface area (Å²) in [5.41, 5.74) is 1.39. The van der Waals surface area contributed by atoms with Gasteiger partial charge in [0.1, 0.15) is 0 Å². The SMILES string of the molecule is CCc1ccc(Sc2ccc([N+](=O)[O-])cc2)c(Br)c1. The highest BCUT2D eigenvalue weighted by Crippen LogP contribution is 2.34. The largest absolute Gasteiger partial charge is 0.269 e. The predicted octanol–water partition coefficient (Wildman–Crippen LogP) is 5.07. The van der Waals surface area contributed by atoms with Crippen LogP contribution in [0.5, 0.6) is 0 Å². The molecule has 0 spiro atoms. The molecule has 98 valence electrons. The van der Waals surface area contributed by atoms with Crippen LogP contribution in [0, 0.1) is 10.1 Å². The fraction of sp³-hybridized carbons (Fsp3) is 0.143. The van der Waals surface area contributed by atoms with E-state index in [1.54, 1.807) is 23.9 Å². The topological polar surface area (TPSA) is 43.1 Å². The van der Waals surface area contributed by atoms with E-state index in [2.05, 4.69) is 41.1 Å². The Hall–Kier alpha value is -1.33. The molecule has 0 bridgehead atoms. The standard InChI is InChI=1S/C14H12BrNO2S/c1-2-10-3-8-14(13(15)9-10)19-12-6-4-11(5-7-12)16(17)18/h3-9H,2H2,1H3. The number of nitro groups is 1. The monoisotopic (exact) mass is 337 g/mol. The Kier molecular flexibility index (Phi) is 4.61. The maximum Gasteiger partial charge on any atom is 0.269 e. The van der Waals surface area contributed by atoms with Crippen LogP contribution in [-0.2, 0) is 6.42 Å². The van der Waals surface area contributed by atoms with Crippen molar-refractivity contribution in [2.75, 3.05) is 0 Å². The second kappa shape index (κ2) is 6.21. The van der Waals surface area contributed by atoms with Gasteiger partial charge in [-0.25, -0.2) is 0 Å². The number of nitrogens with zero attached hydrogens (tertiary/aromatic N) is 1. The molecule has 2 rings (SSSR count). The molecular formula is C14H12BrNO2S. The minimum Gasteiger partial charge on any atom is -0.258 e. The van der Waals surface area contributed by atoms with Crippen LogP contribution >= 0.6 is 27.7 Å². The summed E-state index contributed by atoms with van der Waals surface area (Å²) in [6.45, 7) is 2.12. The second-order valence-electron chi connectivity index (χ2n) is 3.97. The van der Waals surface area contributed by atoms with Gasteiger partial charge in [0, 0.05) is 26.4 Å². The Morgan fingerprint density at radius 2 is 1.89 bits per heavy atom. The van der Waals surface area contributed by atoms with Gasteiger partial charge in [0.2, 0.25) is 0 Å². The Morgan fingerprint density at radius 1 is 1.21 bits per heavy atom. The lowest BCUT2D eigenvalue weighted by Gasteiger charge is -2.06. The van der Waals surface area contributed by atoms with Crippen LogP contribution in [0.3, 0.4) is 0 Å². The van der Waals surface area contributed by atoms with Crippen molar-refractivity contribution in [2.45, 2.75) is 23.1 Å². The smallest absolute Gasteiger partial charge is 0.258 e. The number of nitro benzene ring substituents is 1. The summed E-state index contributed by atoms with van der Waals surface area (Å²) >= 11 is 5.14. The Bertz CT molecular complexity index is 599. The molecule has 19 heavy (non-hydrogen) atoms. The molecule has 0 unspecified atom stereocenters. The van der Waals surface area contributed by atoms with E-state index in [0.29, 0.717) is 0 Å². The van der Waals surface area contributed by atoms with Crippen LogP contribution in [-0.4, -0.2) is 4.92 Å². The van der Waals surface area contributed by atoms with E-state index >= 15 is 0 Å². The Labute approximate surface area is 124 Å². The van der Waals surface area contributed by atoms with Gasteiger partial charge < -0.3 is 0 Å². The van der Waals surface area contributed by atoms with Crippen LogP contribution in [0.15, 0.2) is 56.7 Å². The Balaban J connectivity index is 2.19. The van der Waals surface area contributed by atoms with Crippen LogP contribution in [0.4, 0.5) is 5.69 Å². The molecule has 0 saturated heterocycles. The van der Waals surface area contributed by atoms with Gasteiger partial charge >= 0.3 is 0 Å². The maximum absolute atomic E-state index is 10.6. The molecule has 0 amide bonds. The molecule has 0 heterocycles. The maximum atomic E-state index is 10.6. The lowest BCUT2D eigenvalue weighted by Crippen LogP contribution is -1.86. The van der Waals surface area contributed by atoms with Crippen molar-refractivity contribution in [3.8, 4) is 0 Å². The molecule has 2 aromatic rings. The van der Waals surface area contributed by atoms with Crippen LogP contribution < -0.4 is 0 Å².